The zero-order chi connectivity index (χ0) is 14.6. The smallest absolute Gasteiger partial charge is 0.310 e. The van der Waals surface area contributed by atoms with Crippen molar-refractivity contribution in [2.75, 3.05) is 6.61 Å². The number of alkyl halides is 2. The van der Waals surface area contributed by atoms with Gasteiger partial charge in [0.2, 0.25) is 0 Å². The Kier molecular flexibility index (Phi) is 5.51. The molecule has 1 aromatic heterocycles. The molecule has 0 atom stereocenters. The van der Waals surface area contributed by atoms with Gasteiger partial charge >= 0.3 is 5.97 Å². The number of nitrogens with zero attached hydrogens (tertiary/aromatic N) is 2. The summed E-state index contributed by atoms with van der Waals surface area (Å²) in [7, 11) is 0. The van der Waals surface area contributed by atoms with Crippen molar-refractivity contribution in [3.05, 3.63) is 31.1 Å². The molecule has 9 heteroatoms. The molecule has 0 aromatic carbocycles. The molecule has 0 aliphatic carbocycles. The normalized spacial score (nSPS) is 10.6. The summed E-state index contributed by atoms with van der Waals surface area (Å²) in [6.45, 7) is 1.72. The lowest BCUT2D eigenvalue weighted by atomic mass is 10.1. The second-order valence-corrected chi connectivity index (χ2v) is 4.45. The van der Waals surface area contributed by atoms with Gasteiger partial charge < -0.3 is 4.74 Å². The maximum Gasteiger partial charge on any atom is 0.310 e. The van der Waals surface area contributed by atoms with Crippen LogP contribution < -0.4 is 0 Å². The molecule has 0 N–H and O–H groups in total. The minimum absolute atomic E-state index is 0.0442. The van der Waals surface area contributed by atoms with Gasteiger partial charge in [-0.3, -0.25) is 19.9 Å². The zero-order valence-corrected chi connectivity index (χ0v) is 11.9. The van der Waals surface area contributed by atoms with Crippen molar-refractivity contribution in [1.29, 1.82) is 0 Å². The fourth-order valence-corrected chi connectivity index (χ4v) is 2.29. The number of carbonyl (C=O) groups excluding carboxylic acids is 1. The molecule has 0 saturated carbocycles. The Hall–Kier alpha value is -1.39. The maximum absolute atomic E-state index is 12.6. The van der Waals surface area contributed by atoms with Gasteiger partial charge in [-0.15, -0.1) is 0 Å². The first-order chi connectivity index (χ1) is 8.88. The summed E-state index contributed by atoms with van der Waals surface area (Å²) >= 11 is 1.43. The molecule has 1 aromatic rings. The van der Waals surface area contributed by atoms with E-state index in [1.165, 1.54) is 22.6 Å². The first-order valence-electron chi connectivity index (χ1n) is 5.13. The molecule has 1 heterocycles. The molecule has 6 nitrogen and oxygen atoms in total. The predicted molar refractivity (Wildman–Crippen MR) is 68.9 cm³/mol. The van der Waals surface area contributed by atoms with Crippen LogP contribution in [0.3, 0.4) is 0 Å². The number of hydrogen-bond acceptors (Lipinski definition) is 5. The summed E-state index contributed by atoms with van der Waals surface area (Å²) < 4.78 is 29.6. The van der Waals surface area contributed by atoms with Crippen LogP contribution in [-0.4, -0.2) is 22.5 Å². The van der Waals surface area contributed by atoms with E-state index in [0.29, 0.717) is 0 Å². The Morgan fingerprint density at radius 1 is 1.63 bits per heavy atom. The van der Waals surface area contributed by atoms with E-state index in [-0.39, 0.29) is 22.2 Å². The number of carbonyl (C=O) groups is 1. The van der Waals surface area contributed by atoms with Crippen molar-refractivity contribution < 1.29 is 23.2 Å². The van der Waals surface area contributed by atoms with Gasteiger partial charge in [-0.1, -0.05) is 0 Å². The van der Waals surface area contributed by atoms with Crippen LogP contribution in [0.1, 0.15) is 24.6 Å². The number of esters is 1. The van der Waals surface area contributed by atoms with Crippen molar-refractivity contribution in [3.8, 4) is 0 Å². The SMILES string of the molecule is CCOC(=O)Cc1cnc(C(F)F)c(I)c1[N+](=O)[O-]. The average Bonchev–Trinajstić information content (AvgIpc) is 2.28. The predicted octanol–water partition coefficient (Wildman–Crippen LogP) is 2.64. The largest absolute Gasteiger partial charge is 0.466 e. The van der Waals surface area contributed by atoms with Gasteiger partial charge in [0, 0.05) is 6.20 Å². The number of ether oxygens (including phenoxy) is 1. The topological polar surface area (TPSA) is 82.3 Å². The third-order valence-corrected chi connectivity index (χ3v) is 3.19. The van der Waals surface area contributed by atoms with Gasteiger partial charge in [-0.2, -0.15) is 0 Å². The van der Waals surface area contributed by atoms with Crippen LogP contribution in [-0.2, 0) is 16.0 Å². The Bertz CT molecular complexity index is 511. The van der Waals surface area contributed by atoms with Crippen LogP contribution in [0.5, 0.6) is 0 Å². The second kappa shape index (κ2) is 6.68. The van der Waals surface area contributed by atoms with E-state index in [9.17, 15) is 23.7 Å². The van der Waals surface area contributed by atoms with E-state index < -0.39 is 28.7 Å². The summed E-state index contributed by atoms with van der Waals surface area (Å²) in [5.41, 5.74) is -1.24. The zero-order valence-electron chi connectivity index (χ0n) is 9.73. The lowest BCUT2D eigenvalue weighted by Gasteiger charge is -2.07. The molecule has 0 unspecified atom stereocenters. The molecule has 104 valence electrons. The van der Waals surface area contributed by atoms with Gasteiger partial charge in [0.15, 0.2) is 0 Å². The van der Waals surface area contributed by atoms with Crippen LogP contribution in [0.4, 0.5) is 14.5 Å². The third kappa shape index (κ3) is 3.78. The lowest BCUT2D eigenvalue weighted by molar-refractivity contribution is -0.386. The van der Waals surface area contributed by atoms with Gasteiger partial charge in [-0.05, 0) is 29.5 Å². The number of halogens is 3. The molecule has 0 bridgehead atoms. The van der Waals surface area contributed by atoms with Crippen LogP contribution in [0.25, 0.3) is 0 Å². The summed E-state index contributed by atoms with van der Waals surface area (Å²) in [6, 6.07) is 0. The Morgan fingerprint density at radius 2 is 2.26 bits per heavy atom. The molecule has 0 radical (unpaired) electrons. The summed E-state index contributed by atoms with van der Waals surface area (Å²) in [5, 5.41) is 10.9. The molecule has 0 spiro atoms. The molecule has 0 aliphatic heterocycles. The van der Waals surface area contributed by atoms with E-state index in [4.69, 9.17) is 0 Å². The number of hydrogen-bond donors (Lipinski definition) is 0. The molecule has 0 fully saturated rings. The summed E-state index contributed by atoms with van der Waals surface area (Å²) in [4.78, 5) is 24.9. The van der Waals surface area contributed by atoms with Gasteiger partial charge in [0.05, 0.1) is 23.5 Å². The fraction of sp³-hybridized carbons (Fsp3) is 0.400. The highest BCUT2D eigenvalue weighted by molar-refractivity contribution is 14.1. The minimum atomic E-state index is -2.91. The quantitative estimate of drug-likeness (QED) is 0.336. The highest BCUT2D eigenvalue weighted by Gasteiger charge is 2.27. The van der Waals surface area contributed by atoms with E-state index >= 15 is 0 Å². The summed E-state index contributed by atoms with van der Waals surface area (Å²) in [5.74, 6) is -0.673. The number of pyridine rings is 1. The molecule has 0 amide bonds. The maximum atomic E-state index is 12.6. The Balaban J connectivity index is 3.22. The van der Waals surface area contributed by atoms with Crippen LogP contribution in [0, 0.1) is 13.7 Å². The van der Waals surface area contributed by atoms with E-state index in [1.54, 1.807) is 6.92 Å². The highest BCUT2D eigenvalue weighted by Crippen LogP contribution is 2.32. The number of rotatable bonds is 5. The molecule has 0 aliphatic rings. The Labute approximate surface area is 120 Å². The third-order valence-electron chi connectivity index (χ3n) is 2.13. The van der Waals surface area contributed by atoms with Crippen LogP contribution in [0.2, 0.25) is 0 Å². The van der Waals surface area contributed by atoms with Crippen molar-refractivity contribution in [2.24, 2.45) is 0 Å². The van der Waals surface area contributed by atoms with Gasteiger partial charge in [0.1, 0.15) is 9.26 Å². The van der Waals surface area contributed by atoms with Crippen molar-refractivity contribution in [3.63, 3.8) is 0 Å². The molecule has 0 saturated heterocycles. The fourth-order valence-electron chi connectivity index (χ4n) is 1.37. The van der Waals surface area contributed by atoms with Crippen LogP contribution in [0.15, 0.2) is 6.20 Å². The first kappa shape index (κ1) is 15.7. The molecule has 19 heavy (non-hydrogen) atoms. The van der Waals surface area contributed by atoms with Crippen LogP contribution >= 0.6 is 22.6 Å². The standard InChI is InChI=1S/C10H9F2IN2O4/c1-2-19-6(16)3-5-4-14-8(10(11)12)7(13)9(5)15(17)18/h4,10H,2-3H2,1H3. The molecule has 1 rings (SSSR count). The monoisotopic (exact) mass is 386 g/mol. The highest BCUT2D eigenvalue weighted by atomic mass is 127. The number of aromatic nitrogens is 1. The van der Waals surface area contributed by atoms with Gasteiger partial charge in [-0.25, -0.2) is 8.78 Å². The van der Waals surface area contributed by atoms with Crippen molar-refractivity contribution >= 4 is 34.2 Å². The first-order valence-corrected chi connectivity index (χ1v) is 6.21. The van der Waals surface area contributed by atoms with Crippen molar-refractivity contribution in [1.82, 2.24) is 4.98 Å². The Morgan fingerprint density at radius 3 is 2.74 bits per heavy atom. The minimum Gasteiger partial charge on any atom is -0.466 e. The van der Waals surface area contributed by atoms with Crippen molar-refractivity contribution in [2.45, 2.75) is 19.8 Å². The average molecular weight is 386 g/mol. The summed E-state index contributed by atoms with van der Waals surface area (Å²) in [6.07, 6.45) is -2.38. The number of nitro groups is 1. The van der Waals surface area contributed by atoms with E-state index in [2.05, 4.69) is 9.72 Å². The van der Waals surface area contributed by atoms with E-state index in [0.717, 1.165) is 6.20 Å². The van der Waals surface area contributed by atoms with Gasteiger partial charge in [0.25, 0.3) is 12.1 Å². The second-order valence-electron chi connectivity index (χ2n) is 3.37. The molecular formula is C10H9F2IN2O4. The molecular weight excluding hydrogens is 377 g/mol. The lowest BCUT2D eigenvalue weighted by Crippen LogP contribution is -2.11. The van der Waals surface area contributed by atoms with E-state index in [1.807, 2.05) is 0 Å².